The number of fused-ring (bicyclic) bond motifs is 1. The van der Waals surface area contributed by atoms with Crippen LogP contribution < -0.4 is 0 Å². The van der Waals surface area contributed by atoms with Crippen LogP contribution in [0.5, 0.6) is 5.75 Å². The molecule has 0 unspecified atom stereocenters. The highest BCUT2D eigenvalue weighted by Gasteiger charge is 2.33. The lowest BCUT2D eigenvalue weighted by Crippen LogP contribution is -2.27. The van der Waals surface area contributed by atoms with Crippen molar-refractivity contribution < 1.29 is 20.4 Å². The van der Waals surface area contributed by atoms with E-state index in [1.54, 1.807) is 12.1 Å². The summed E-state index contributed by atoms with van der Waals surface area (Å²) in [7, 11) is 0. The van der Waals surface area contributed by atoms with Gasteiger partial charge in [0.15, 0.2) is 0 Å². The van der Waals surface area contributed by atoms with Gasteiger partial charge in [-0.15, -0.1) is 0 Å². The van der Waals surface area contributed by atoms with E-state index < -0.39 is 18.3 Å². The molecule has 0 aliphatic heterocycles. The van der Waals surface area contributed by atoms with Crippen molar-refractivity contribution in [2.24, 2.45) is 0 Å². The first-order chi connectivity index (χ1) is 6.61. The molecule has 1 aliphatic rings. The van der Waals surface area contributed by atoms with Gasteiger partial charge >= 0.3 is 0 Å². The number of benzene rings is 1. The normalized spacial score (nSPS) is 31.2. The lowest BCUT2D eigenvalue weighted by molar-refractivity contribution is -0.0299. The number of hydrogen-bond donors (Lipinski definition) is 4. The molecule has 0 saturated carbocycles. The van der Waals surface area contributed by atoms with Crippen LogP contribution in [0.25, 0.3) is 0 Å². The van der Waals surface area contributed by atoms with Crippen molar-refractivity contribution in [2.45, 2.75) is 24.7 Å². The lowest BCUT2D eigenvalue weighted by atomic mass is 9.85. The molecule has 4 heteroatoms. The zero-order valence-corrected chi connectivity index (χ0v) is 7.46. The van der Waals surface area contributed by atoms with Crippen LogP contribution in [0.4, 0.5) is 0 Å². The van der Waals surface area contributed by atoms with Crippen LogP contribution in [-0.4, -0.2) is 26.5 Å². The van der Waals surface area contributed by atoms with Crippen molar-refractivity contribution in [1.82, 2.24) is 0 Å². The molecule has 0 heterocycles. The van der Waals surface area contributed by atoms with Gasteiger partial charge in [-0.05, 0) is 11.6 Å². The van der Waals surface area contributed by atoms with E-state index in [1.165, 1.54) is 6.07 Å². The number of hydrogen-bond acceptors (Lipinski definition) is 4. The molecular formula is C10H12O4. The highest BCUT2D eigenvalue weighted by Crippen LogP contribution is 2.40. The second kappa shape index (κ2) is 3.24. The zero-order valence-electron chi connectivity index (χ0n) is 7.46. The average Bonchev–Trinajstić information content (AvgIpc) is 2.14. The lowest BCUT2D eigenvalue weighted by Gasteiger charge is -2.30. The van der Waals surface area contributed by atoms with Crippen LogP contribution in [0.15, 0.2) is 18.2 Å². The Morgan fingerprint density at radius 3 is 2.57 bits per heavy atom. The molecule has 0 saturated heterocycles. The topological polar surface area (TPSA) is 80.9 Å². The number of phenolic OH excluding ortho intramolecular Hbond substituents is 1. The number of aromatic hydroxyl groups is 1. The molecule has 2 rings (SSSR count). The van der Waals surface area contributed by atoms with Gasteiger partial charge in [0.05, 0.1) is 12.2 Å². The molecule has 0 aromatic heterocycles. The van der Waals surface area contributed by atoms with Crippen LogP contribution in [-0.2, 0) is 0 Å². The van der Waals surface area contributed by atoms with Gasteiger partial charge in [-0.1, -0.05) is 12.1 Å². The number of aliphatic hydroxyl groups excluding tert-OH is 3. The maximum absolute atomic E-state index is 9.61. The summed E-state index contributed by atoms with van der Waals surface area (Å²) in [5, 5.41) is 38.1. The van der Waals surface area contributed by atoms with E-state index in [1.807, 2.05) is 0 Å². The standard InChI is InChI=1S/C10H12O4/c11-6-3-1-2-5-7(12)4-8(13)10(14)9(5)6/h1-3,7-8,10-14H,4H2/t7-,8+,10+/m1/s1. The van der Waals surface area contributed by atoms with Gasteiger partial charge in [0.25, 0.3) is 0 Å². The van der Waals surface area contributed by atoms with Gasteiger partial charge in [-0.2, -0.15) is 0 Å². The van der Waals surface area contributed by atoms with E-state index in [0.29, 0.717) is 5.56 Å². The molecule has 0 fully saturated rings. The molecule has 1 aliphatic carbocycles. The van der Waals surface area contributed by atoms with Gasteiger partial charge in [0.2, 0.25) is 0 Å². The van der Waals surface area contributed by atoms with Gasteiger partial charge in [0.1, 0.15) is 11.9 Å². The van der Waals surface area contributed by atoms with Gasteiger partial charge < -0.3 is 20.4 Å². The predicted octanol–water partition coefficient (Wildman–Crippen LogP) is 0.224. The minimum absolute atomic E-state index is 0.0900. The maximum Gasteiger partial charge on any atom is 0.121 e. The molecule has 14 heavy (non-hydrogen) atoms. The fourth-order valence-corrected chi connectivity index (χ4v) is 1.86. The summed E-state index contributed by atoms with van der Waals surface area (Å²) >= 11 is 0. The Hall–Kier alpha value is -1.10. The Kier molecular flexibility index (Phi) is 2.19. The molecule has 1 aromatic carbocycles. The van der Waals surface area contributed by atoms with Crippen LogP contribution in [0.1, 0.15) is 29.8 Å². The van der Waals surface area contributed by atoms with E-state index in [4.69, 9.17) is 0 Å². The maximum atomic E-state index is 9.61. The quantitative estimate of drug-likeness (QED) is 0.478. The Bertz CT molecular complexity index is 350. The predicted molar refractivity (Wildman–Crippen MR) is 48.7 cm³/mol. The van der Waals surface area contributed by atoms with Crippen LogP contribution in [0.2, 0.25) is 0 Å². The number of phenols is 1. The Balaban J connectivity index is 2.56. The highest BCUT2D eigenvalue weighted by molar-refractivity contribution is 5.44. The van der Waals surface area contributed by atoms with Crippen molar-refractivity contribution >= 4 is 0 Å². The van der Waals surface area contributed by atoms with Crippen molar-refractivity contribution in [3.63, 3.8) is 0 Å². The molecular weight excluding hydrogens is 184 g/mol. The van der Waals surface area contributed by atoms with Gasteiger partial charge in [-0.3, -0.25) is 0 Å². The van der Waals surface area contributed by atoms with E-state index in [2.05, 4.69) is 0 Å². The van der Waals surface area contributed by atoms with E-state index in [9.17, 15) is 20.4 Å². The molecule has 3 atom stereocenters. The van der Waals surface area contributed by atoms with Crippen molar-refractivity contribution in [2.75, 3.05) is 0 Å². The third-order valence-electron chi connectivity index (χ3n) is 2.60. The Morgan fingerprint density at radius 2 is 1.86 bits per heavy atom. The van der Waals surface area contributed by atoms with Crippen molar-refractivity contribution in [1.29, 1.82) is 0 Å². The molecule has 0 radical (unpaired) electrons. The van der Waals surface area contributed by atoms with E-state index in [0.717, 1.165) is 0 Å². The summed E-state index contributed by atoms with van der Waals surface area (Å²) < 4.78 is 0. The molecule has 1 aromatic rings. The first kappa shape index (κ1) is 9.45. The highest BCUT2D eigenvalue weighted by atomic mass is 16.3. The summed E-state index contributed by atoms with van der Waals surface area (Å²) in [6, 6.07) is 4.66. The molecule has 0 amide bonds. The summed E-state index contributed by atoms with van der Waals surface area (Å²) in [4.78, 5) is 0. The van der Waals surface area contributed by atoms with Gasteiger partial charge in [0, 0.05) is 12.0 Å². The molecule has 0 spiro atoms. The van der Waals surface area contributed by atoms with Crippen molar-refractivity contribution in [3.8, 4) is 5.75 Å². The van der Waals surface area contributed by atoms with Crippen LogP contribution >= 0.6 is 0 Å². The van der Waals surface area contributed by atoms with E-state index >= 15 is 0 Å². The van der Waals surface area contributed by atoms with E-state index in [-0.39, 0.29) is 17.7 Å². The van der Waals surface area contributed by atoms with Crippen molar-refractivity contribution in [3.05, 3.63) is 29.3 Å². The molecule has 76 valence electrons. The van der Waals surface area contributed by atoms with Gasteiger partial charge in [-0.25, -0.2) is 0 Å². The number of rotatable bonds is 0. The average molecular weight is 196 g/mol. The Morgan fingerprint density at radius 1 is 1.14 bits per heavy atom. The SMILES string of the molecule is Oc1cccc2c1[C@@H](O)[C@@H](O)C[C@H]2O. The summed E-state index contributed by atoms with van der Waals surface area (Å²) in [6.07, 6.45) is -2.87. The second-order valence-corrected chi connectivity index (χ2v) is 3.54. The zero-order chi connectivity index (χ0) is 10.3. The minimum Gasteiger partial charge on any atom is -0.508 e. The largest absolute Gasteiger partial charge is 0.508 e. The first-order valence-electron chi connectivity index (χ1n) is 4.47. The summed E-state index contributed by atoms with van der Waals surface area (Å²) in [6.45, 7) is 0. The summed E-state index contributed by atoms with van der Waals surface area (Å²) in [5.74, 6) is -0.0900. The minimum atomic E-state index is -1.12. The van der Waals surface area contributed by atoms with Crippen LogP contribution in [0, 0.1) is 0 Å². The Labute approximate surface area is 81.1 Å². The third-order valence-corrected chi connectivity index (χ3v) is 2.60. The first-order valence-corrected chi connectivity index (χ1v) is 4.47. The monoisotopic (exact) mass is 196 g/mol. The molecule has 0 bridgehead atoms. The smallest absolute Gasteiger partial charge is 0.121 e. The second-order valence-electron chi connectivity index (χ2n) is 3.54. The summed E-state index contributed by atoms with van der Waals surface area (Å²) in [5.41, 5.74) is 0.724. The molecule has 4 nitrogen and oxygen atoms in total. The fraction of sp³-hybridized carbons (Fsp3) is 0.400. The van der Waals surface area contributed by atoms with Crippen LogP contribution in [0.3, 0.4) is 0 Å². The third kappa shape index (κ3) is 1.28. The molecule has 4 N–H and O–H groups in total. The number of aliphatic hydroxyl groups is 3. The fourth-order valence-electron chi connectivity index (χ4n) is 1.86.